The lowest BCUT2D eigenvalue weighted by Gasteiger charge is -2.30. The molecule has 31 heavy (non-hydrogen) atoms. The fourth-order valence-electron chi connectivity index (χ4n) is 4.50. The fourth-order valence-corrected chi connectivity index (χ4v) is 4.50. The van der Waals surface area contributed by atoms with Crippen LogP contribution in [0.5, 0.6) is 5.75 Å². The molecule has 0 bridgehead atoms. The molecule has 5 rings (SSSR count). The summed E-state index contributed by atoms with van der Waals surface area (Å²) in [5.41, 5.74) is 5.18. The van der Waals surface area contributed by atoms with Crippen molar-refractivity contribution >= 4 is 11.0 Å². The molecule has 0 saturated heterocycles. The zero-order chi connectivity index (χ0) is 21.2. The third-order valence-electron chi connectivity index (χ3n) is 6.02. The number of benzene rings is 2. The van der Waals surface area contributed by atoms with Crippen molar-refractivity contribution in [1.82, 2.24) is 14.5 Å². The molecule has 5 nitrogen and oxygen atoms in total. The van der Waals surface area contributed by atoms with Gasteiger partial charge in [0.2, 0.25) is 0 Å². The number of aromatic nitrogens is 2. The smallest absolute Gasteiger partial charge is 0.257 e. The molecule has 0 aliphatic carbocycles. The van der Waals surface area contributed by atoms with Crippen molar-refractivity contribution in [3.8, 4) is 5.75 Å². The normalized spacial score (nSPS) is 13.8. The Morgan fingerprint density at radius 1 is 0.935 bits per heavy atom. The molecule has 156 valence electrons. The minimum atomic E-state index is 0.0698. The Hall–Kier alpha value is -3.44. The molecule has 1 aliphatic heterocycles. The number of hydrogen-bond acceptors (Lipinski definition) is 4. The summed E-state index contributed by atoms with van der Waals surface area (Å²) in [7, 11) is 1.69. The van der Waals surface area contributed by atoms with Crippen LogP contribution >= 0.6 is 0 Å². The molecule has 0 saturated carbocycles. The highest BCUT2D eigenvalue weighted by molar-refractivity contribution is 5.80. The first kappa shape index (κ1) is 19.5. The summed E-state index contributed by atoms with van der Waals surface area (Å²) in [4.78, 5) is 20.5. The molecule has 0 fully saturated rings. The molecule has 3 heterocycles. The maximum atomic E-state index is 13.6. The second kappa shape index (κ2) is 8.36. The summed E-state index contributed by atoms with van der Waals surface area (Å²) in [6, 6.07) is 22.3. The van der Waals surface area contributed by atoms with Gasteiger partial charge in [-0.3, -0.25) is 14.3 Å². The molecule has 0 radical (unpaired) electrons. The molecule has 2 aromatic heterocycles. The van der Waals surface area contributed by atoms with Crippen LogP contribution in [0.25, 0.3) is 11.0 Å². The first-order valence-corrected chi connectivity index (χ1v) is 10.6. The van der Waals surface area contributed by atoms with Gasteiger partial charge in [0.25, 0.3) is 5.56 Å². The summed E-state index contributed by atoms with van der Waals surface area (Å²) >= 11 is 0. The number of rotatable bonds is 5. The fraction of sp³-hybridized carbons (Fsp3) is 0.231. The zero-order valence-corrected chi connectivity index (χ0v) is 17.6. The Labute approximate surface area is 181 Å². The van der Waals surface area contributed by atoms with Gasteiger partial charge in [0.15, 0.2) is 0 Å². The first-order chi connectivity index (χ1) is 15.2. The van der Waals surface area contributed by atoms with Crippen LogP contribution in [0.4, 0.5) is 0 Å². The highest BCUT2D eigenvalue weighted by Crippen LogP contribution is 2.26. The average molecular weight is 412 g/mol. The molecule has 0 spiro atoms. The van der Waals surface area contributed by atoms with E-state index in [2.05, 4.69) is 40.2 Å². The van der Waals surface area contributed by atoms with Gasteiger partial charge in [0, 0.05) is 36.8 Å². The quantitative estimate of drug-likeness (QED) is 0.498. The van der Waals surface area contributed by atoms with E-state index in [0.29, 0.717) is 13.1 Å². The number of fused-ring (bicyclic) bond motifs is 3. The maximum Gasteiger partial charge on any atom is 0.257 e. The molecule has 0 unspecified atom stereocenters. The van der Waals surface area contributed by atoms with E-state index in [-0.39, 0.29) is 5.56 Å². The number of nitrogens with zero attached hydrogens (tertiary/aromatic N) is 3. The van der Waals surface area contributed by atoms with Gasteiger partial charge in [-0.25, -0.2) is 4.98 Å². The van der Waals surface area contributed by atoms with Crippen molar-refractivity contribution in [2.45, 2.75) is 26.1 Å². The van der Waals surface area contributed by atoms with Crippen LogP contribution < -0.4 is 10.3 Å². The standard InChI is InChI=1S/C26H25N3O2/c1-31-21-10-5-9-20(15-21)16-28-14-12-22-23-11-6-13-27-25(23)29(26(30)24(22)18-28)17-19-7-3-2-4-8-19/h2-11,13,15H,12,14,16-18H2,1H3. The largest absolute Gasteiger partial charge is 0.497 e. The minimum absolute atomic E-state index is 0.0698. The third-order valence-corrected chi connectivity index (χ3v) is 6.02. The van der Waals surface area contributed by atoms with Crippen LogP contribution in [0.1, 0.15) is 22.3 Å². The van der Waals surface area contributed by atoms with Crippen LogP contribution in [0.2, 0.25) is 0 Å². The topological polar surface area (TPSA) is 47.4 Å². The first-order valence-electron chi connectivity index (χ1n) is 10.6. The van der Waals surface area contributed by atoms with Gasteiger partial charge in [0.05, 0.1) is 13.7 Å². The SMILES string of the molecule is COc1cccc(CN2CCc3c(c(=O)n(Cc4ccccc4)c4ncccc34)C2)c1. The van der Waals surface area contributed by atoms with Crippen LogP contribution in [0.3, 0.4) is 0 Å². The molecule has 1 aliphatic rings. The molecular formula is C26H25N3O2. The van der Waals surface area contributed by atoms with Gasteiger partial charge in [-0.1, -0.05) is 42.5 Å². The lowest BCUT2D eigenvalue weighted by molar-refractivity contribution is 0.244. The van der Waals surface area contributed by atoms with E-state index in [4.69, 9.17) is 4.74 Å². The highest BCUT2D eigenvalue weighted by atomic mass is 16.5. The van der Waals surface area contributed by atoms with Gasteiger partial charge in [-0.2, -0.15) is 0 Å². The van der Waals surface area contributed by atoms with E-state index in [1.165, 1.54) is 5.56 Å². The highest BCUT2D eigenvalue weighted by Gasteiger charge is 2.24. The van der Waals surface area contributed by atoms with Gasteiger partial charge < -0.3 is 4.74 Å². The monoisotopic (exact) mass is 411 g/mol. The maximum absolute atomic E-state index is 13.6. The summed E-state index contributed by atoms with van der Waals surface area (Å²) in [6.45, 7) is 2.87. The second-order valence-electron chi connectivity index (χ2n) is 8.02. The van der Waals surface area contributed by atoms with E-state index in [1.807, 2.05) is 41.0 Å². The number of hydrogen-bond donors (Lipinski definition) is 0. The van der Waals surface area contributed by atoms with Gasteiger partial charge >= 0.3 is 0 Å². The van der Waals surface area contributed by atoms with Crippen LogP contribution in [-0.2, 0) is 26.1 Å². The summed E-state index contributed by atoms with van der Waals surface area (Å²) in [5, 5.41) is 1.09. The van der Waals surface area contributed by atoms with Crippen molar-refractivity contribution in [2.75, 3.05) is 13.7 Å². The molecule has 0 N–H and O–H groups in total. The number of pyridine rings is 2. The van der Waals surface area contributed by atoms with Gasteiger partial charge in [-0.05, 0) is 47.4 Å². The van der Waals surface area contributed by atoms with E-state index >= 15 is 0 Å². The molecular weight excluding hydrogens is 386 g/mol. The van der Waals surface area contributed by atoms with Crippen molar-refractivity contribution in [3.05, 3.63) is 106 Å². The van der Waals surface area contributed by atoms with E-state index in [1.54, 1.807) is 13.3 Å². The van der Waals surface area contributed by atoms with Crippen molar-refractivity contribution in [3.63, 3.8) is 0 Å². The number of methoxy groups -OCH3 is 1. The van der Waals surface area contributed by atoms with Gasteiger partial charge in [0.1, 0.15) is 11.4 Å². The van der Waals surface area contributed by atoms with Crippen molar-refractivity contribution in [1.29, 1.82) is 0 Å². The lowest BCUT2D eigenvalue weighted by Crippen LogP contribution is -2.37. The lowest BCUT2D eigenvalue weighted by atomic mass is 9.97. The minimum Gasteiger partial charge on any atom is -0.497 e. The predicted octanol–water partition coefficient (Wildman–Crippen LogP) is 4.01. The molecule has 5 heteroatoms. The Bertz CT molecular complexity index is 1280. The van der Waals surface area contributed by atoms with E-state index in [9.17, 15) is 4.79 Å². The third kappa shape index (κ3) is 3.84. The zero-order valence-electron chi connectivity index (χ0n) is 17.6. The Kier molecular flexibility index (Phi) is 5.26. The van der Waals surface area contributed by atoms with Crippen LogP contribution in [0, 0.1) is 0 Å². The summed E-state index contributed by atoms with van der Waals surface area (Å²) < 4.78 is 7.19. The molecule has 0 atom stereocenters. The predicted molar refractivity (Wildman–Crippen MR) is 122 cm³/mol. The van der Waals surface area contributed by atoms with Crippen LogP contribution in [0.15, 0.2) is 77.7 Å². The van der Waals surface area contributed by atoms with Crippen molar-refractivity contribution < 1.29 is 4.74 Å². The average Bonchev–Trinajstić information content (AvgIpc) is 2.82. The Balaban J connectivity index is 1.53. The molecule has 4 aromatic rings. The van der Waals surface area contributed by atoms with Crippen LogP contribution in [-0.4, -0.2) is 28.1 Å². The Morgan fingerprint density at radius 3 is 2.61 bits per heavy atom. The van der Waals surface area contributed by atoms with E-state index in [0.717, 1.165) is 53.0 Å². The van der Waals surface area contributed by atoms with E-state index < -0.39 is 0 Å². The second-order valence-corrected chi connectivity index (χ2v) is 8.02. The van der Waals surface area contributed by atoms with Crippen molar-refractivity contribution in [2.24, 2.45) is 0 Å². The Morgan fingerprint density at radius 2 is 1.77 bits per heavy atom. The summed E-state index contributed by atoms with van der Waals surface area (Å²) in [6.07, 6.45) is 2.62. The summed E-state index contributed by atoms with van der Waals surface area (Å²) in [5.74, 6) is 0.859. The molecule has 2 aromatic carbocycles. The number of ether oxygens (including phenoxy) is 1. The van der Waals surface area contributed by atoms with Gasteiger partial charge in [-0.15, -0.1) is 0 Å². The molecule has 0 amide bonds.